The molecule has 0 bridgehead atoms. The van der Waals surface area contributed by atoms with Crippen LogP contribution >= 0.6 is 0 Å². The highest BCUT2D eigenvalue weighted by molar-refractivity contribution is 5.99. The van der Waals surface area contributed by atoms with Crippen molar-refractivity contribution >= 4 is 11.6 Å². The molecule has 0 saturated carbocycles. The Morgan fingerprint density at radius 1 is 0.920 bits per heavy atom. The molecule has 3 aromatic rings. The Labute approximate surface area is 145 Å². The maximum Gasteiger partial charge on any atom is 0.256 e. The second-order valence-corrected chi connectivity index (χ2v) is 6.06. The number of fused-ring (bicyclic) bond motifs is 1. The van der Waals surface area contributed by atoms with E-state index in [-0.39, 0.29) is 17.9 Å². The van der Waals surface area contributed by atoms with Crippen LogP contribution in [0.25, 0.3) is 0 Å². The maximum absolute atomic E-state index is 13.5. The predicted octanol–water partition coefficient (Wildman–Crippen LogP) is 4.59. The molecular weight excluding hydrogens is 315 g/mol. The van der Waals surface area contributed by atoms with Gasteiger partial charge in [-0.3, -0.25) is 4.79 Å². The number of hydrogen-bond acceptors (Lipinski definition) is 2. The quantitative estimate of drug-likeness (QED) is 0.758. The molecule has 1 aliphatic rings. The molecule has 1 heterocycles. The topological polar surface area (TPSA) is 32.3 Å². The number of nitrogens with one attached hydrogen (secondary N) is 1. The number of amides is 1. The van der Waals surface area contributed by atoms with Crippen LogP contribution in [0.3, 0.4) is 0 Å². The molecule has 3 aromatic carbocycles. The first-order chi connectivity index (χ1) is 12.2. The molecule has 4 heteroatoms. The highest BCUT2D eigenvalue weighted by Crippen LogP contribution is 2.35. The van der Waals surface area contributed by atoms with Crippen LogP contribution in [0.15, 0.2) is 78.9 Å². The number of carbonyl (C=O) groups excluding carboxylic acids is 1. The third-order valence-corrected chi connectivity index (χ3v) is 4.38. The van der Waals surface area contributed by atoms with Gasteiger partial charge >= 0.3 is 0 Å². The fourth-order valence-electron chi connectivity index (χ4n) is 3.21. The molecule has 1 unspecified atom stereocenters. The van der Waals surface area contributed by atoms with E-state index in [1.54, 1.807) is 17.0 Å². The van der Waals surface area contributed by atoms with Gasteiger partial charge in [0.05, 0.1) is 0 Å². The number of hydrogen-bond donors (Lipinski definition) is 1. The number of carbonyl (C=O) groups is 1. The number of nitrogens with zero attached hydrogens (tertiary/aromatic N) is 1. The van der Waals surface area contributed by atoms with Gasteiger partial charge in [0.2, 0.25) is 0 Å². The minimum Gasteiger partial charge on any atom is -0.361 e. The molecule has 1 N–H and O–H groups in total. The Kier molecular flexibility index (Phi) is 3.94. The van der Waals surface area contributed by atoms with E-state index in [4.69, 9.17) is 0 Å². The summed E-state index contributed by atoms with van der Waals surface area (Å²) in [7, 11) is 0. The molecule has 1 amide bonds. The van der Waals surface area contributed by atoms with Crippen LogP contribution < -0.4 is 5.32 Å². The highest BCUT2D eigenvalue weighted by atomic mass is 19.1. The normalized spacial score (nSPS) is 16.0. The standard InChI is InChI=1S/C21H17FN2O/c22-16-9-6-10-17(13-16)23-20-18-11-4-5-12-19(18)21(25)24(20)14-15-7-2-1-3-8-15/h1-13,20,23H,14H2. The van der Waals surface area contributed by atoms with Crippen LogP contribution in [0.5, 0.6) is 0 Å². The van der Waals surface area contributed by atoms with Crippen LogP contribution in [0.4, 0.5) is 10.1 Å². The summed E-state index contributed by atoms with van der Waals surface area (Å²) in [6.07, 6.45) is -0.328. The summed E-state index contributed by atoms with van der Waals surface area (Å²) in [5.41, 5.74) is 3.29. The SMILES string of the molecule is O=C1c2ccccc2C(Nc2cccc(F)c2)N1Cc1ccccc1. The van der Waals surface area contributed by atoms with E-state index in [0.717, 1.165) is 11.1 Å². The van der Waals surface area contributed by atoms with Crippen molar-refractivity contribution in [2.75, 3.05) is 5.32 Å². The van der Waals surface area contributed by atoms with Gasteiger partial charge in [0.15, 0.2) is 0 Å². The Morgan fingerprint density at radius 3 is 2.48 bits per heavy atom. The second kappa shape index (κ2) is 6.40. The van der Waals surface area contributed by atoms with Crippen LogP contribution in [0.1, 0.15) is 27.7 Å². The van der Waals surface area contributed by atoms with Crippen molar-refractivity contribution in [3.8, 4) is 0 Å². The Hall–Kier alpha value is -3.14. The number of rotatable bonds is 4. The van der Waals surface area contributed by atoms with Gasteiger partial charge in [-0.15, -0.1) is 0 Å². The fourth-order valence-corrected chi connectivity index (χ4v) is 3.21. The highest BCUT2D eigenvalue weighted by Gasteiger charge is 2.36. The summed E-state index contributed by atoms with van der Waals surface area (Å²) in [6.45, 7) is 0.487. The predicted molar refractivity (Wildman–Crippen MR) is 95.5 cm³/mol. The molecule has 4 rings (SSSR count). The average Bonchev–Trinajstić information content (AvgIpc) is 2.89. The minimum atomic E-state index is -0.328. The van der Waals surface area contributed by atoms with Crippen LogP contribution in [-0.4, -0.2) is 10.8 Å². The molecule has 0 aliphatic carbocycles. The lowest BCUT2D eigenvalue weighted by molar-refractivity contribution is 0.0729. The summed E-state index contributed by atoms with van der Waals surface area (Å²) in [5, 5.41) is 3.30. The van der Waals surface area contributed by atoms with Gasteiger partial charge in [-0.2, -0.15) is 0 Å². The summed E-state index contributed by atoms with van der Waals surface area (Å²) in [5.74, 6) is -0.328. The van der Waals surface area contributed by atoms with Crippen molar-refractivity contribution in [1.82, 2.24) is 4.90 Å². The molecule has 3 nitrogen and oxygen atoms in total. The molecule has 124 valence electrons. The van der Waals surface area contributed by atoms with Crippen molar-refractivity contribution < 1.29 is 9.18 Å². The molecule has 1 aliphatic heterocycles. The van der Waals surface area contributed by atoms with Gasteiger partial charge in [-0.1, -0.05) is 54.6 Å². The van der Waals surface area contributed by atoms with Crippen molar-refractivity contribution in [3.05, 3.63) is 101 Å². The molecule has 25 heavy (non-hydrogen) atoms. The summed E-state index contributed by atoms with van der Waals surface area (Å²) >= 11 is 0. The zero-order valence-corrected chi connectivity index (χ0v) is 13.5. The third-order valence-electron chi connectivity index (χ3n) is 4.38. The van der Waals surface area contributed by atoms with Crippen molar-refractivity contribution in [1.29, 1.82) is 0 Å². The lowest BCUT2D eigenvalue weighted by atomic mass is 10.1. The van der Waals surface area contributed by atoms with Crippen molar-refractivity contribution in [3.63, 3.8) is 0 Å². The van der Waals surface area contributed by atoms with E-state index in [1.165, 1.54) is 12.1 Å². The second-order valence-electron chi connectivity index (χ2n) is 6.06. The van der Waals surface area contributed by atoms with Crippen LogP contribution in [-0.2, 0) is 6.54 Å². The van der Waals surface area contributed by atoms with E-state index in [2.05, 4.69) is 5.32 Å². The Morgan fingerprint density at radius 2 is 1.68 bits per heavy atom. The van der Waals surface area contributed by atoms with Gasteiger partial charge in [0.1, 0.15) is 12.0 Å². The Bertz CT molecular complexity index is 911. The minimum absolute atomic E-state index is 0.0200. The average molecular weight is 332 g/mol. The molecule has 0 aromatic heterocycles. The number of anilines is 1. The molecule has 0 saturated heterocycles. The summed E-state index contributed by atoms with van der Waals surface area (Å²) in [4.78, 5) is 14.7. The lowest BCUT2D eigenvalue weighted by Gasteiger charge is -2.27. The first kappa shape index (κ1) is 15.4. The molecule has 0 fully saturated rings. The number of benzene rings is 3. The molecule has 0 spiro atoms. The van der Waals surface area contributed by atoms with Gasteiger partial charge in [0.25, 0.3) is 5.91 Å². The summed E-state index contributed by atoms with van der Waals surface area (Å²) < 4.78 is 13.5. The van der Waals surface area contributed by atoms with Gasteiger partial charge < -0.3 is 10.2 Å². The van der Waals surface area contributed by atoms with Crippen molar-refractivity contribution in [2.24, 2.45) is 0 Å². The smallest absolute Gasteiger partial charge is 0.256 e. The van der Waals surface area contributed by atoms with E-state index in [0.29, 0.717) is 17.8 Å². The van der Waals surface area contributed by atoms with Gasteiger partial charge in [-0.05, 0) is 29.8 Å². The molecular formula is C21H17FN2O. The van der Waals surface area contributed by atoms with Crippen LogP contribution in [0.2, 0.25) is 0 Å². The monoisotopic (exact) mass is 332 g/mol. The lowest BCUT2D eigenvalue weighted by Crippen LogP contribution is -2.31. The van der Waals surface area contributed by atoms with Crippen molar-refractivity contribution in [2.45, 2.75) is 12.7 Å². The van der Waals surface area contributed by atoms with E-state index < -0.39 is 0 Å². The largest absolute Gasteiger partial charge is 0.361 e. The zero-order chi connectivity index (χ0) is 17.2. The first-order valence-corrected chi connectivity index (χ1v) is 8.18. The maximum atomic E-state index is 13.5. The first-order valence-electron chi connectivity index (χ1n) is 8.18. The molecule has 0 radical (unpaired) electrons. The van der Waals surface area contributed by atoms with E-state index in [1.807, 2.05) is 54.6 Å². The fraction of sp³-hybridized carbons (Fsp3) is 0.0952. The van der Waals surface area contributed by atoms with Crippen LogP contribution in [0, 0.1) is 5.82 Å². The van der Waals surface area contributed by atoms with Gasteiger partial charge in [-0.25, -0.2) is 4.39 Å². The molecule has 1 atom stereocenters. The Balaban J connectivity index is 1.70. The third kappa shape index (κ3) is 2.98. The van der Waals surface area contributed by atoms with E-state index >= 15 is 0 Å². The number of halogens is 1. The van der Waals surface area contributed by atoms with Gasteiger partial charge in [0, 0.05) is 23.4 Å². The summed E-state index contributed by atoms with van der Waals surface area (Å²) in [6, 6.07) is 23.7. The zero-order valence-electron chi connectivity index (χ0n) is 13.5. The van der Waals surface area contributed by atoms with E-state index in [9.17, 15) is 9.18 Å².